The van der Waals surface area contributed by atoms with Crippen LogP contribution >= 0.6 is 0 Å². The van der Waals surface area contributed by atoms with E-state index in [-0.39, 0.29) is 5.97 Å². The van der Waals surface area contributed by atoms with Gasteiger partial charge in [0.25, 0.3) is 0 Å². The highest BCUT2D eigenvalue weighted by Gasteiger charge is 2.19. The molecule has 0 atom stereocenters. The molecule has 1 aliphatic heterocycles. The van der Waals surface area contributed by atoms with Crippen molar-refractivity contribution in [3.05, 3.63) is 54.4 Å². The summed E-state index contributed by atoms with van der Waals surface area (Å²) in [5.41, 5.74) is 2.32. The fourth-order valence-electron chi connectivity index (χ4n) is 4.15. The summed E-state index contributed by atoms with van der Waals surface area (Å²) in [6.45, 7) is 7.94. The Hall–Kier alpha value is -3.26. The molecule has 0 radical (unpaired) electrons. The van der Waals surface area contributed by atoms with Crippen LogP contribution in [-0.4, -0.2) is 73.5 Å². The molecule has 3 heterocycles. The van der Waals surface area contributed by atoms with Crippen molar-refractivity contribution in [1.29, 1.82) is 0 Å². The van der Waals surface area contributed by atoms with E-state index in [0.29, 0.717) is 24.3 Å². The molecule has 176 valence electrons. The predicted octanol–water partition coefficient (Wildman–Crippen LogP) is 3.50. The quantitative estimate of drug-likeness (QED) is 0.344. The Labute approximate surface area is 194 Å². The van der Waals surface area contributed by atoms with Crippen LogP contribution in [0.15, 0.2) is 48.8 Å². The first-order chi connectivity index (χ1) is 16.2. The van der Waals surface area contributed by atoms with Crippen molar-refractivity contribution in [2.45, 2.75) is 19.8 Å². The third-order valence-corrected chi connectivity index (χ3v) is 5.92. The largest absolute Gasteiger partial charge is 0.495 e. The summed E-state index contributed by atoms with van der Waals surface area (Å²) in [5, 5.41) is 4.20. The second kappa shape index (κ2) is 11.0. The molecule has 4 rings (SSSR count). The van der Waals surface area contributed by atoms with Crippen molar-refractivity contribution in [3.8, 4) is 11.5 Å². The predicted molar refractivity (Wildman–Crippen MR) is 128 cm³/mol. The number of anilines is 1. The second-order valence-corrected chi connectivity index (χ2v) is 8.03. The highest BCUT2D eigenvalue weighted by Crippen LogP contribution is 2.28. The molecule has 0 aliphatic carbocycles. The Morgan fingerprint density at radius 3 is 2.70 bits per heavy atom. The number of carbonyl (C=O) groups excluding carboxylic acids is 1. The number of piperazine rings is 1. The van der Waals surface area contributed by atoms with Crippen molar-refractivity contribution >= 4 is 17.2 Å². The molecule has 0 spiro atoms. The zero-order valence-corrected chi connectivity index (χ0v) is 19.4. The van der Waals surface area contributed by atoms with Gasteiger partial charge in [-0.05, 0) is 44.5 Å². The molecule has 0 bridgehead atoms. The number of aromatic nitrogens is 2. The minimum atomic E-state index is -0.365. The molecule has 8 nitrogen and oxygen atoms in total. The minimum Gasteiger partial charge on any atom is -0.495 e. The second-order valence-electron chi connectivity index (χ2n) is 8.03. The number of benzene rings is 1. The molecule has 3 aromatic rings. The van der Waals surface area contributed by atoms with Gasteiger partial charge in [0.1, 0.15) is 17.1 Å². The molecule has 2 aromatic heterocycles. The van der Waals surface area contributed by atoms with Crippen LogP contribution in [0.2, 0.25) is 0 Å². The number of pyridine rings is 1. The number of ether oxygens (including phenoxy) is 3. The Bertz CT molecular complexity index is 1060. The van der Waals surface area contributed by atoms with Gasteiger partial charge in [0, 0.05) is 38.4 Å². The lowest BCUT2D eigenvalue weighted by Gasteiger charge is -2.36. The average molecular weight is 453 g/mol. The molecule has 1 fully saturated rings. The van der Waals surface area contributed by atoms with Crippen LogP contribution in [0, 0.1) is 0 Å². The first kappa shape index (κ1) is 22.9. The molecule has 1 aliphatic rings. The Balaban J connectivity index is 1.19. The number of hydrogen-bond donors (Lipinski definition) is 0. The van der Waals surface area contributed by atoms with Crippen LogP contribution in [0.3, 0.4) is 0 Å². The fraction of sp³-hybridized carbons (Fsp3) is 0.440. The summed E-state index contributed by atoms with van der Waals surface area (Å²) >= 11 is 0. The number of esters is 1. The molecule has 0 unspecified atom stereocenters. The summed E-state index contributed by atoms with van der Waals surface area (Å²) in [7, 11) is 1.73. The number of carbonyl (C=O) groups is 1. The van der Waals surface area contributed by atoms with Gasteiger partial charge in [-0.25, -0.2) is 9.31 Å². The third kappa shape index (κ3) is 5.57. The van der Waals surface area contributed by atoms with Gasteiger partial charge >= 0.3 is 5.97 Å². The van der Waals surface area contributed by atoms with Crippen molar-refractivity contribution in [1.82, 2.24) is 14.5 Å². The first-order valence-electron chi connectivity index (χ1n) is 11.6. The van der Waals surface area contributed by atoms with E-state index in [4.69, 9.17) is 14.2 Å². The van der Waals surface area contributed by atoms with Gasteiger partial charge < -0.3 is 19.1 Å². The lowest BCUT2D eigenvalue weighted by Crippen LogP contribution is -2.46. The molecule has 8 heteroatoms. The molecule has 0 saturated carbocycles. The maximum atomic E-state index is 12.1. The van der Waals surface area contributed by atoms with Gasteiger partial charge in [-0.15, -0.1) is 0 Å². The van der Waals surface area contributed by atoms with E-state index in [1.165, 1.54) is 11.9 Å². The third-order valence-electron chi connectivity index (χ3n) is 5.92. The molecular weight excluding hydrogens is 420 g/mol. The van der Waals surface area contributed by atoms with Crippen molar-refractivity contribution in [3.63, 3.8) is 0 Å². The van der Waals surface area contributed by atoms with Crippen LogP contribution < -0.4 is 14.4 Å². The Morgan fingerprint density at radius 2 is 1.91 bits per heavy atom. The van der Waals surface area contributed by atoms with Crippen LogP contribution in [0.1, 0.15) is 30.1 Å². The average Bonchev–Trinajstić information content (AvgIpc) is 3.28. The van der Waals surface area contributed by atoms with Crippen LogP contribution in [0.4, 0.5) is 5.69 Å². The Kier molecular flexibility index (Phi) is 7.67. The molecule has 0 N–H and O–H groups in total. The van der Waals surface area contributed by atoms with E-state index < -0.39 is 0 Å². The van der Waals surface area contributed by atoms with Gasteiger partial charge in [0.2, 0.25) is 0 Å². The van der Waals surface area contributed by atoms with E-state index in [1.54, 1.807) is 24.7 Å². The van der Waals surface area contributed by atoms with E-state index in [9.17, 15) is 4.79 Å². The standard InChI is InChI=1S/C25H32N4O4/c1-3-32-25(30)21-19-26-29-12-10-20(18-23(21)29)33-17-7-6-11-27-13-15-28(16-14-27)22-8-4-5-9-24(22)31-2/h4-5,8-10,12,18-19H,3,6-7,11,13-17H2,1-2H3. The normalized spacial score (nSPS) is 14.4. The smallest absolute Gasteiger partial charge is 0.341 e. The highest BCUT2D eigenvalue weighted by atomic mass is 16.5. The monoisotopic (exact) mass is 452 g/mol. The summed E-state index contributed by atoms with van der Waals surface area (Å²) < 4.78 is 18.2. The molecule has 1 saturated heterocycles. The number of unbranched alkanes of at least 4 members (excludes halogenated alkanes) is 1. The SMILES string of the molecule is CCOC(=O)c1cnn2ccc(OCCCCN3CCN(c4ccccc4OC)CC3)cc12. The summed E-state index contributed by atoms with van der Waals surface area (Å²) in [6.07, 6.45) is 5.39. The summed E-state index contributed by atoms with van der Waals surface area (Å²) in [6, 6.07) is 11.9. The number of hydrogen-bond acceptors (Lipinski definition) is 7. The van der Waals surface area contributed by atoms with Gasteiger partial charge in [0.15, 0.2) is 0 Å². The van der Waals surface area contributed by atoms with Gasteiger partial charge in [-0.2, -0.15) is 5.10 Å². The van der Waals surface area contributed by atoms with Crippen LogP contribution in [0.5, 0.6) is 11.5 Å². The molecular formula is C25H32N4O4. The Morgan fingerprint density at radius 1 is 1.09 bits per heavy atom. The van der Waals surface area contributed by atoms with E-state index in [0.717, 1.165) is 57.1 Å². The molecule has 0 amide bonds. The van der Waals surface area contributed by atoms with E-state index in [1.807, 2.05) is 24.3 Å². The van der Waals surface area contributed by atoms with Crippen molar-refractivity contribution in [2.24, 2.45) is 0 Å². The zero-order chi connectivity index (χ0) is 23.0. The summed E-state index contributed by atoms with van der Waals surface area (Å²) in [4.78, 5) is 17.0. The van der Waals surface area contributed by atoms with Gasteiger partial charge in [-0.3, -0.25) is 4.90 Å². The van der Waals surface area contributed by atoms with Crippen molar-refractivity contribution < 1.29 is 19.0 Å². The topological polar surface area (TPSA) is 68.5 Å². The number of methoxy groups -OCH3 is 1. The van der Waals surface area contributed by atoms with Crippen LogP contribution in [-0.2, 0) is 4.74 Å². The van der Waals surface area contributed by atoms with Gasteiger partial charge in [-0.1, -0.05) is 12.1 Å². The first-order valence-corrected chi connectivity index (χ1v) is 11.6. The maximum Gasteiger partial charge on any atom is 0.341 e. The number of nitrogens with zero attached hydrogens (tertiary/aromatic N) is 4. The lowest BCUT2D eigenvalue weighted by molar-refractivity contribution is 0.0528. The minimum absolute atomic E-state index is 0.335. The van der Waals surface area contributed by atoms with E-state index >= 15 is 0 Å². The van der Waals surface area contributed by atoms with E-state index in [2.05, 4.69) is 27.0 Å². The summed E-state index contributed by atoms with van der Waals surface area (Å²) in [5.74, 6) is 1.31. The van der Waals surface area contributed by atoms with Gasteiger partial charge in [0.05, 0.1) is 37.7 Å². The van der Waals surface area contributed by atoms with Crippen LogP contribution in [0.25, 0.3) is 5.52 Å². The molecule has 1 aromatic carbocycles. The number of fused-ring (bicyclic) bond motifs is 1. The lowest BCUT2D eigenvalue weighted by atomic mass is 10.2. The number of rotatable bonds is 10. The zero-order valence-electron chi connectivity index (χ0n) is 19.4. The highest BCUT2D eigenvalue weighted by molar-refractivity contribution is 5.96. The number of para-hydroxylation sites is 2. The maximum absolute atomic E-state index is 12.1. The van der Waals surface area contributed by atoms with Crippen molar-refractivity contribution in [2.75, 3.05) is 57.9 Å². The molecule has 33 heavy (non-hydrogen) atoms. The fourth-order valence-corrected chi connectivity index (χ4v) is 4.15.